The van der Waals surface area contributed by atoms with E-state index in [9.17, 15) is 0 Å². The van der Waals surface area contributed by atoms with Crippen molar-refractivity contribution in [2.45, 2.75) is 110 Å². The molecular weight excluding hydrogens is 404 g/mol. The van der Waals surface area contributed by atoms with Crippen molar-refractivity contribution in [1.29, 1.82) is 0 Å². The Balaban J connectivity index is 1.56. The summed E-state index contributed by atoms with van der Waals surface area (Å²) in [6.45, 7) is 8.17. The molecule has 0 heterocycles. The molecule has 0 N–H and O–H groups in total. The summed E-state index contributed by atoms with van der Waals surface area (Å²) in [4.78, 5) is 0. The van der Waals surface area contributed by atoms with E-state index in [2.05, 4.69) is 69.3 Å². The number of benzene rings is 2. The van der Waals surface area contributed by atoms with Gasteiger partial charge in [-0.1, -0.05) is 121 Å². The standard InChI is InChI=1S/C31H48O2/c1-4-6-7-8-9-10-11-12-13-14-15-16-26-33-31-23-21-30(22-24-31)29-19-17-28(18-20-29)27(3)32-25-5-2/h17-24,27H,4-16,25-26H2,1-3H3. The van der Waals surface area contributed by atoms with Crippen LogP contribution in [0.15, 0.2) is 48.5 Å². The normalized spacial score (nSPS) is 12.1. The van der Waals surface area contributed by atoms with E-state index < -0.39 is 0 Å². The Bertz CT molecular complexity index is 705. The van der Waals surface area contributed by atoms with Crippen LogP contribution in [0, 0.1) is 0 Å². The van der Waals surface area contributed by atoms with Crippen molar-refractivity contribution in [1.82, 2.24) is 0 Å². The second kappa shape index (κ2) is 17.6. The van der Waals surface area contributed by atoms with Crippen molar-refractivity contribution in [2.24, 2.45) is 0 Å². The molecule has 1 unspecified atom stereocenters. The molecule has 1 atom stereocenters. The van der Waals surface area contributed by atoms with Crippen LogP contribution in [-0.4, -0.2) is 13.2 Å². The summed E-state index contributed by atoms with van der Waals surface area (Å²) in [5.41, 5.74) is 3.69. The number of hydrogen-bond donors (Lipinski definition) is 0. The van der Waals surface area contributed by atoms with Gasteiger partial charge in [-0.2, -0.15) is 0 Å². The third kappa shape index (κ3) is 11.8. The van der Waals surface area contributed by atoms with Gasteiger partial charge in [-0.25, -0.2) is 0 Å². The van der Waals surface area contributed by atoms with Crippen molar-refractivity contribution >= 4 is 0 Å². The van der Waals surface area contributed by atoms with E-state index in [4.69, 9.17) is 9.47 Å². The summed E-state index contributed by atoms with van der Waals surface area (Å²) in [5, 5.41) is 0. The Morgan fingerprint density at radius 2 is 1.03 bits per heavy atom. The molecule has 0 saturated carbocycles. The lowest BCUT2D eigenvalue weighted by atomic mass is 10.0. The SMILES string of the molecule is CCCCCCCCCCCCCCOc1ccc(-c2ccc(C(C)OCCC)cc2)cc1. The molecule has 2 heteroatoms. The first-order valence-electron chi connectivity index (χ1n) is 13.7. The molecule has 0 saturated heterocycles. The topological polar surface area (TPSA) is 18.5 Å². The first-order chi connectivity index (χ1) is 16.2. The minimum atomic E-state index is 0.148. The van der Waals surface area contributed by atoms with Crippen LogP contribution in [0.3, 0.4) is 0 Å². The molecule has 33 heavy (non-hydrogen) atoms. The van der Waals surface area contributed by atoms with Gasteiger partial charge in [0.15, 0.2) is 0 Å². The van der Waals surface area contributed by atoms with Gasteiger partial charge in [0.25, 0.3) is 0 Å². The summed E-state index contributed by atoms with van der Waals surface area (Å²) in [6, 6.07) is 17.2. The van der Waals surface area contributed by atoms with Crippen LogP contribution in [0.25, 0.3) is 11.1 Å². The van der Waals surface area contributed by atoms with E-state index >= 15 is 0 Å². The summed E-state index contributed by atoms with van der Waals surface area (Å²) in [7, 11) is 0. The second-order valence-electron chi connectivity index (χ2n) is 9.40. The Labute approximate surface area is 204 Å². The van der Waals surface area contributed by atoms with Crippen LogP contribution < -0.4 is 4.74 Å². The van der Waals surface area contributed by atoms with E-state index in [1.165, 1.54) is 87.3 Å². The molecule has 0 aliphatic rings. The van der Waals surface area contributed by atoms with E-state index in [1.807, 2.05) is 0 Å². The molecule has 0 aliphatic carbocycles. The van der Waals surface area contributed by atoms with Crippen molar-refractivity contribution < 1.29 is 9.47 Å². The highest BCUT2D eigenvalue weighted by atomic mass is 16.5. The van der Waals surface area contributed by atoms with Gasteiger partial charge in [-0.3, -0.25) is 0 Å². The molecule has 0 radical (unpaired) electrons. The van der Waals surface area contributed by atoms with Crippen molar-refractivity contribution in [3.63, 3.8) is 0 Å². The first-order valence-corrected chi connectivity index (χ1v) is 13.7. The maximum atomic E-state index is 5.96. The zero-order valence-corrected chi connectivity index (χ0v) is 21.6. The number of hydrogen-bond acceptors (Lipinski definition) is 2. The Hall–Kier alpha value is -1.80. The Kier molecular flexibility index (Phi) is 14.7. The van der Waals surface area contributed by atoms with Crippen molar-refractivity contribution in [3.05, 3.63) is 54.1 Å². The predicted molar refractivity (Wildman–Crippen MR) is 143 cm³/mol. The molecule has 0 aliphatic heterocycles. The summed E-state index contributed by atoms with van der Waals surface area (Å²) >= 11 is 0. The van der Waals surface area contributed by atoms with Gasteiger partial charge in [0.2, 0.25) is 0 Å². The molecule has 184 valence electrons. The van der Waals surface area contributed by atoms with Gasteiger partial charge in [0.1, 0.15) is 5.75 Å². The van der Waals surface area contributed by atoms with Crippen LogP contribution in [-0.2, 0) is 4.74 Å². The number of ether oxygens (including phenoxy) is 2. The van der Waals surface area contributed by atoms with Crippen LogP contribution >= 0.6 is 0 Å². The summed E-state index contributed by atoms with van der Waals surface area (Å²) in [6.07, 6.45) is 17.7. The van der Waals surface area contributed by atoms with E-state index in [1.54, 1.807) is 0 Å². The smallest absolute Gasteiger partial charge is 0.119 e. The van der Waals surface area contributed by atoms with Crippen LogP contribution in [0.4, 0.5) is 0 Å². The Morgan fingerprint density at radius 3 is 1.55 bits per heavy atom. The number of rotatable bonds is 19. The lowest BCUT2D eigenvalue weighted by Crippen LogP contribution is -2.00. The minimum Gasteiger partial charge on any atom is -0.494 e. The molecule has 2 aromatic rings. The Morgan fingerprint density at radius 1 is 0.545 bits per heavy atom. The summed E-state index contributed by atoms with van der Waals surface area (Å²) < 4.78 is 11.8. The van der Waals surface area contributed by atoms with Gasteiger partial charge in [0.05, 0.1) is 12.7 Å². The van der Waals surface area contributed by atoms with Crippen LogP contribution in [0.1, 0.15) is 116 Å². The van der Waals surface area contributed by atoms with Crippen molar-refractivity contribution in [3.8, 4) is 16.9 Å². The molecule has 0 spiro atoms. The first kappa shape index (κ1) is 27.4. The minimum absolute atomic E-state index is 0.148. The molecular formula is C31H48O2. The van der Waals surface area contributed by atoms with E-state index in [0.29, 0.717) is 0 Å². The molecule has 0 bridgehead atoms. The fraction of sp³-hybridized carbons (Fsp3) is 0.613. The van der Waals surface area contributed by atoms with Crippen molar-refractivity contribution in [2.75, 3.05) is 13.2 Å². The zero-order valence-electron chi connectivity index (χ0n) is 21.6. The lowest BCUT2D eigenvalue weighted by Gasteiger charge is -2.13. The average Bonchev–Trinajstić information content (AvgIpc) is 2.86. The van der Waals surface area contributed by atoms with Gasteiger partial charge in [0, 0.05) is 6.61 Å². The average molecular weight is 453 g/mol. The third-order valence-electron chi connectivity index (χ3n) is 6.41. The van der Waals surface area contributed by atoms with Gasteiger partial charge < -0.3 is 9.47 Å². The molecule has 0 fully saturated rings. The fourth-order valence-corrected chi connectivity index (χ4v) is 4.21. The largest absolute Gasteiger partial charge is 0.494 e. The predicted octanol–water partition coefficient (Wildman–Crippen LogP) is 9.92. The highest BCUT2D eigenvalue weighted by molar-refractivity contribution is 5.64. The van der Waals surface area contributed by atoms with E-state index in [-0.39, 0.29) is 6.10 Å². The summed E-state index contributed by atoms with van der Waals surface area (Å²) in [5.74, 6) is 0.972. The van der Waals surface area contributed by atoms with Crippen LogP contribution in [0.2, 0.25) is 0 Å². The third-order valence-corrected chi connectivity index (χ3v) is 6.41. The zero-order chi connectivity index (χ0) is 23.6. The highest BCUT2D eigenvalue weighted by Gasteiger charge is 2.06. The second-order valence-corrected chi connectivity index (χ2v) is 9.40. The fourth-order valence-electron chi connectivity index (χ4n) is 4.21. The van der Waals surface area contributed by atoms with Crippen LogP contribution in [0.5, 0.6) is 5.75 Å². The highest BCUT2D eigenvalue weighted by Crippen LogP contribution is 2.25. The molecule has 0 aromatic heterocycles. The monoisotopic (exact) mass is 452 g/mol. The van der Waals surface area contributed by atoms with E-state index in [0.717, 1.165) is 31.8 Å². The maximum absolute atomic E-state index is 5.96. The molecule has 2 rings (SSSR count). The van der Waals surface area contributed by atoms with Gasteiger partial charge >= 0.3 is 0 Å². The lowest BCUT2D eigenvalue weighted by molar-refractivity contribution is 0.0663. The quantitative estimate of drug-likeness (QED) is 0.197. The van der Waals surface area contributed by atoms with Gasteiger partial charge in [-0.15, -0.1) is 0 Å². The van der Waals surface area contributed by atoms with Gasteiger partial charge in [-0.05, 0) is 48.6 Å². The molecule has 2 aromatic carbocycles. The maximum Gasteiger partial charge on any atom is 0.119 e. The molecule has 0 amide bonds. The molecule has 2 nitrogen and oxygen atoms in total. The number of unbranched alkanes of at least 4 members (excludes halogenated alkanes) is 11.